The summed E-state index contributed by atoms with van der Waals surface area (Å²) in [5.74, 6) is 0.139. The minimum Gasteiger partial charge on any atom is -0.508 e. The molecule has 1 heterocycles. The Hall–Kier alpha value is -2.89. The standard InChI is InChI=1S/C21H15ClN2O2S/c22-17-8-4-3-7-14(17)19-16(20(26)24-21(27)23-19)11-15-13-6-2-1-5-12(13)9-10-18(15)25/h1-10,25H,11H2,(H2,23,24,26,27). The van der Waals surface area contributed by atoms with Crippen LogP contribution in [-0.2, 0) is 6.42 Å². The number of H-pyrrole nitrogens is 2. The first kappa shape index (κ1) is 17.5. The Morgan fingerprint density at radius 1 is 0.926 bits per heavy atom. The van der Waals surface area contributed by atoms with Crippen molar-refractivity contribution >= 4 is 34.6 Å². The smallest absolute Gasteiger partial charge is 0.255 e. The molecule has 0 saturated carbocycles. The van der Waals surface area contributed by atoms with Crippen LogP contribution in [0, 0.1) is 4.77 Å². The molecule has 27 heavy (non-hydrogen) atoms. The first-order chi connectivity index (χ1) is 13.0. The lowest BCUT2D eigenvalue weighted by Crippen LogP contribution is -2.17. The highest BCUT2D eigenvalue weighted by Crippen LogP contribution is 2.32. The van der Waals surface area contributed by atoms with Gasteiger partial charge in [0.15, 0.2) is 4.77 Å². The molecule has 0 aliphatic heterocycles. The number of nitrogens with one attached hydrogen (secondary N) is 2. The highest BCUT2D eigenvalue weighted by atomic mass is 35.5. The molecule has 0 bridgehead atoms. The van der Waals surface area contributed by atoms with Crippen molar-refractivity contribution in [1.82, 2.24) is 9.97 Å². The third-order valence-electron chi connectivity index (χ3n) is 4.55. The van der Waals surface area contributed by atoms with E-state index in [1.807, 2.05) is 48.5 Å². The van der Waals surface area contributed by atoms with Crippen molar-refractivity contribution in [2.45, 2.75) is 6.42 Å². The number of hydrogen-bond acceptors (Lipinski definition) is 3. The fourth-order valence-electron chi connectivity index (χ4n) is 3.26. The molecular weight excluding hydrogens is 380 g/mol. The average molecular weight is 395 g/mol. The van der Waals surface area contributed by atoms with Crippen LogP contribution in [0.15, 0.2) is 65.5 Å². The van der Waals surface area contributed by atoms with Gasteiger partial charge in [0.05, 0.1) is 5.69 Å². The zero-order valence-electron chi connectivity index (χ0n) is 14.1. The van der Waals surface area contributed by atoms with Gasteiger partial charge in [0.2, 0.25) is 0 Å². The van der Waals surface area contributed by atoms with Gasteiger partial charge in [0.25, 0.3) is 5.56 Å². The molecule has 0 amide bonds. The van der Waals surface area contributed by atoms with E-state index in [1.54, 1.807) is 12.1 Å². The molecule has 4 aromatic rings. The van der Waals surface area contributed by atoms with Gasteiger partial charge in [0, 0.05) is 28.1 Å². The summed E-state index contributed by atoms with van der Waals surface area (Å²) in [4.78, 5) is 18.4. The van der Waals surface area contributed by atoms with E-state index in [-0.39, 0.29) is 22.5 Å². The minimum atomic E-state index is -0.305. The Balaban J connectivity index is 1.97. The van der Waals surface area contributed by atoms with Crippen molar-refractivity contribution in [3.05, 3.63) is 91.9 Å². The second-order valence-electron chi connectivity index (χ2n) is 6.20. The van der Waals surface area contributed by atoms with E-state index in [9.17, 15) is 9.90 Å². The fourth-order valence-corrected chi connectivity index (χ4v) is 3.69. The summed E-state index contributed by atoms with van der Waals surface area (Å²) >= 11 is 11.5. The van der Waals surface area contributed by atoms with Crippen LogP contribution in [0.3, 0.4) is 0 Å². The molecule has 6 heteroatoms. The van der Waals surface area contributed by atoms with Crippen LogP contribution >= 0.6 is 23.8 Å². The third-order valence-corrected chi connectivity index (χ3v) is 5.09. The first-order valence-corrected chi connectivity index (χ1v) is 9.13. The lowest BCUT2D eigenvalue weighted by Gasteiger charge is -2.13. The van der Waals surface area contributed by atoms with Crippen molar-refractivity contribution in [2.75, 3.05) is 0 Å². The van der Waals surface area contributed by atoms with Crippen molar-refractivity contribution in [2.24, 2.45) is 0 Å². The molecule has 0 saturated heterocycles. The quantitative estimate of drug-likeness (QED) is 0.418. The van der Waals surface area contributed by atoms with E-state index in [1.165, 1.54) is 0 Å². The SMILES string of the molecule is O=c1[nH]c(=S)[nH]c(-c2ccccc2Cl)c1Cc1c(O)ccc2ccccc12. The maximum absolute atomic E-state index is 12.7. The largest absolute Gasteiger partial charge is 0.508 e. The van der Waals surface area contributed by atoms with Crippen molar-refractivity contribution in [1.29, 1.82) is 0 Å². The maximum Gasteiger partial charge on any atom is 0.255 e. The van der Waals surface area contributed by atoms with Crippen molar-refractivity contribution in [3.8, 4) is 17.0 Å². The number of rotatable bonds is 3. The summed E-state index contributed by atoms with van der Waals surface area (Å²) in [6, 6.07) is 18.5. The van der Waals surface area contributed by atoms with Crippen LogP contribution < -0.4 is 5.56 Å². The van der Waals surface area contributed by atoms with Crippen LogP contribution in [0.1, 0.15) is 11.1 Å². The van der Waals surface area contributed by atoms with E-state index in [2.05, 4.69) is 9.97 Å². The average Bonchev–Trinajstić information content (AvgIpc) is 2.66. The van der Waals surface area contributed by atoms with Gasteiger partial charge in [-0.3, -0.25) is 9.78 Å². The van der Waals surface area contributed by atoms with E-state index >= 15 is 0 Å². The van der Waals surface area contributed by atoms with E-state index in [0.29, 0.717) is 27.4 Å². The maximum atomic E-state index is 12.7. The van der Waals surface area contributed by atoms with Gasteiger partial charge in [0.1, 0.15) is 5.75 Å². The minimum absolute atomic E-state index is 0.139. The Kier molecular flexibility index (Phi) is 4.56. The van der Waals surface area contributed by atoms with E-state index < -0.39 is 0 Å². The Labute approximate surface area is 165 Å². The summed E-state index contributed by atoms with van der Waals surface area (Å²) in [7, 11) is 0. The van der Waals surface area contributed by atoms with Gasteiger partial charge in [-0.25, -0.2) is 0 Å². The molecule has 0 aliphatic carbocycles. The zero-order chi connectivity index (χ0) is 19.0. The predicted octanol–water partition coefficient (Wildman–Crippen LogP) is 5.20. The van der Waals surface area contributed by atoms with Crippen LogP contribution in [0.2, 0.25) is 5.02 Å². The molecule has 0 atom stereocenters. The fraction of sp³-hybridized carbons (Fsp3) is 0.0476. The highest BCUT2D eigenvalue weighted by Gasteiger charge is 2.17. The lowest BCUT2D eigenvalue weighted by atomic mass is 9.95. The van der Waals surface area contributed by atoms with Gasteiger partial charge < -0.3 is 10.1 Å². The predicted molar refractivity (Wildman–Crippen MR) is 111 cm³/mol. The number of phenolic OH excluding ortho intramolecular Hbond substituents is 1. The second kappa shape index (κ2) is 7.02. The van der Waals surface area contributed by atoms with Crippen LogP contribution in [0.25, 0.3) is 22.0 Å². The number of hydrogen-bond donors (Lipinski definition) is 3. The number of aromatic amines is 2. The van der Waals surface area contributed by atoms with Crippen molar-refractivity contribution < 1.29 is 5.11 Å². The molecule has 1 aromatic heterocycles. The van der Waals surface area contributed by atoms with Crippen LogP contribution in [-0.4, -0.2) is 15.1 Å². The number of fused-ring (bicyclic) bond motifs is 1. The van der Waals surface area contributed by atoms with Crippen LogP contribution in [0.5, 0.6) is 5.75 Å². The molecule has 0 radical (unpaired) electrons. The number of phenols is 1. The van der Waals surface area contributed by atoms with Gasteiger partial charge in [-0.2, -0.15) is 0 Å². The Morgan fingerprint density at radius 2 is 1.67 bits per heavy atom. The molecule has 0 spiro atoms. The summed E-state index contributed by atoms with van der Waals surface area (Å²) in [6.45, 7) is 0. The summed E-state index contributed by atoms with van der Waals surface area (Å²) in [6.07, 6.45) is 0.231. The summed E-state index contributed by atoms with van der Waals surface area (Å²) in [5.41, 5.74) is 2.08. The van der Waals surface area contributed by atoms with Crippen molar-refractivity contribution in [3.63, 3.8) is 0 Å². The summed E-state index contributed by atoms with van der Waals surface area (Å²) < 4.78 is 0.223. The number of benzene rings is 3. The number of halogens is 1. The molecular formula is C21H15ClN2O2S. The molecule has 3 aromatic carbocycles. The zero-order valence-corrected chi connectivity index (χ0v) is 15.7. The molecule has 134 valence electrons. The van der Waals surface area contributed by atoms with E-state index in [4.69, 9.17) is 23.8 Å². The molecule has 0 unspecified atom stereocenters. The number of aromatic nitrogens is 2. The molecule has 0 fully saturated rings. The highest BCUT2D eigenvalue weighted by molar-refractivity contribution is 7.71. The molecule has 3 N–H and O–H groups in total. The Bertz CT molecular complexity index is 1280. The normalized spacial score (nSPS) is 11.0. The monoisotopic (exact) mass is 394 g/mol. The topological polar surface area (TPSA) is 68.9 Å². The van der Waals surface area contributed by atoms with Gasteiger partial charge in [-0.15, -0.1) is 0 Å². The van der Waals surface area contributed by atoms with Gasteiger partial charge in [-0.05, 0) is 35.1 Å². The molecule has 4 rings (SSSR count). The second-order valence-corrected chi connectivity index (χ2v) is 7.02. The van der Waals surface area contributed by atoms with Gasteiger partial charge >= 0.3 is 0 Å². The summed E-state index contributed by atoms with van der Waals surface area (Å²) in [5, 5.41) is 12.9. The first-order valence-electron chi connectivity index (χ1n) is 8.34. The molecule has 4 nitrogen and oxygen atoms in total. The Morgan fingerprint density at radius 3 is 2.48 bits per heavy atom. The third kappa shape index (κ3) is 3.27. The van der Waals surface area contributed by atoms with Gasteiger partial charge in [-0.1, -0.05) is 60.1 Å². The number of aromatic hydroxyl groups is 1. The lowest BCUT2D eigenvalue weighted by molar-refractivity contribution is 0.470. The van der Waals surface area contributed by atoms with Crippen LogP contribution in [0.4, 0.5) is 0 Å². The molecule has 0 aliphatic rings. The van der Waals surface area contributed by atoms with E-state index in [0.717, 1.165) is 10.8 Å².